The van der Waals surface area contributed by atoms with Gasteiger partial charge in [0.25, 0.3) is 0 Å². The van der Waals surface area contributed by atoms with Crippen molar-refractivity contribution in [2.75, 3.05) is 7.11 Å². The molecule has 0 saturated heterocycles. The Kier molecular flexibility index (Phi) is 4.10. The number of ether oxygens (including phenoxy) is 2. The van der Waals surface area contributed by atoms with Crippen molar-refractivity contribution in [1.29, 1.82) is 5.26 Å². The van der Waals surface area contributed by atoms with Crippen molar-refractivity contribution in [2.45, 2.75) is 6.61 Å². The molecule has 0 aliphatic heterocycles. The third-order valence-electron chi connectivity index (χ3n) is 2.44. The quantitative estimate of drug-likeness (QED) is 0.795. The molecule has 0 spiro atoms. The Morgan fingerprint density at radius 3 is 2.60 bits per heavy atom. The summed E-state index contributed by atoms with van der Waals surface area (Å²) in [5.74, 6) is 0.0858. The molecular formula is C14H10N4O2. The molecule has 0 radical (unpaired) electrons. The monoisotopic (exact) mass is 266 g/mol. The lowest BCUT2D eigenvalue weighted by molar-refractivity contribution is 0.267. The van der Waals surface area contributed by atoms with Gasteiger partial charge in [-0.25, -0.2) is 4.98 Å². The van der Waals surface area contributed by atoms with Crippen LogP contribution < -0.4 is 9.47 Å². The van der Waals surface area contributed by atoms with Crippen molar-refractivity contribution < 1.29 is 9.47 Å². The van der Waals surface area contributed by atoms with E-state index in [1.807, 2.05) is 36.4 Å². The summed E-state index contributed by atoms with van der Waals surface area (Å²) >= 11 is 0. The first-order chi connectivity index (χ1) is 9.78. The van der Waals surface area contributed by atoms with Crippen LogP contribution in [0.1, 0.15) is 11.3 Å². The maximum atomic E-state index is 8.93. The number of aromatic nitrogens is 2. The molecule has 98 valence electrons. The molecule has 6 heteroatoms. The molecule has 0 fully saturated rings. The van der Waals surface area contributed by atoms with Crippen molar-refractivity contribution in [3.63, 3.8) is 0 Å². The summed E-state index contributed by atoms with van der Waals surface area (Å²) in [6.45, 7) is 7.21. The van der Waals surface area contributed by atoms with Crippen LogP contribution in [0, 0.1) is 17.9 Å². The molecule has 0 saturated carbocycles. The number of rotatable bonds is 4. The molecular weight excluding hydrogens is 256 g/mol. The van der Waals surface area contributed by atoms with Gasteiger partial charge in [0, 0.05) is 0 Å². The highest BCUT2D eigenvalue weighted by molar-refractivity contribution is 5.52. The minimum atomic E-state index is -0.101. The maximum Gasteiger partial charge on any atom is 0.373 e. The minimum Gasteiger partial charge on any atom is -0.467 e. The van der Waals surface area contributed by atoms with Crippen LogP contribution in [0.4, 0.5) is 5.82 Å². The van der Waals surface area contributed by atoms with Gasteiger partial charge in [-0.1, -0.05) is 41.9 Å². The molecule has 1 aromatic carbocycles. The largest absolute Gasteiger partial charge is 0.467 e. The number of methoxy groups -OCH3 is 1. The van der Waals surface area contributed by atoms with E-state index in [4.69, 9.17) is 21.3 Å². The second-order valence-corrected chi connectivity index (χ2v) is 3.71. The van der Waals surface area contributed by atoms with E-state index in [1.54, 1.807) is 0 Å². The molecule has 20 heavy (non-hydrogen) atoms. The summed E-state index contributed by atoms with van der Waals surface area (Å²) in [6.07, 6.45) is 0. The topological polar surface area (TPSA) is 72.4 Å². The minimum absolute atomic E-state index is 0.0798. The Bertz CT molecular complexity index is 687. The molecule has 6 nitrogen and oxygen atoms in total. The van der Waals surface area contributed by atoms with Crippen LogP contribution in [0.25, 0.3) is 4.85 Å². The SMILES string of the molecule is [C-]#[N+]c1nc(OC)c(OCc2ccccc2)nc1C#N. The predicted molar refractivity (Wildman–Crippen MR) is 70.3 cm³/mol. The third-order valence-corrected chi connectivity index (χ3v) is 2.44. The number of benzene rings is 1. The standard InChI is InChI=1S/C14H10N4O2/c1-16-12-11(8-15)17-14(13(18-12)19-2)20-9-10-6-4-3-5-7-10/h3-7H,9H2,2H3. The van der Waals surface area contributed by atoms with Crippen molar-refractivity contribution in [3.05, 3.63) is 53.0 Å². The number of nitriles is 1. The first-order valence-electron chi connectivity index (χ1n) is 5.68. The predicted octanol–water partition coefficient (Wildman–Crippen LogP) is 2.49. The Morgan fingerprint density at radius 1 is 1.25 bits per heavy atom. The molecule has 0 bridgehead atoms. The molecule has 2 rings (SSSR count). The zero-order valence-corrected chi connectivity index (χ0v) is 10.7. The number of hydrogen-bond acceptors (Lipinski definition) is 5. The van der Waals surface area contributed by atoms with E-state index >= 15 is 0 Å². The van der Waals surface area contributed by atoms with Gasteiger partial charge in [-0.2, -0.15) is 5.26 Å². The summed E-state index contributed by atoms with van der Waals surface area (Å²) in [7, 11) is 1.40. The van der Waals surface area contributed by atoms with E-state index in [2.05, 4.69) is 14.8 Å². The van der Waals surface area contributed by atoms with E-state index in [9.17, 15) is 0 Å². The fourth-order valence-corrected chi connectivity index (χ4v) is 1.50. The van der Waals surface area contributed by atoms with Gasteiger partial charge in [-0.15, -0.1) is 0 Å². The molecule has 0 aliphatic carbocycles. The first-order valence-corrected chi connectivity index (χ1v) is 5.68. The van der Waals surface area contributed by atoms with Crippen LogP contribution in [-0.2, 0) is 6.61 Å². The van der Waals surface area contributed by atoms with Crippen molar-refractivity contribution in [3.8, 4) is 17.8 Å². The average molecular weight is 266 g/mol. The summed E-state index contributed by atoms with van der Waals surface area (Å²) in [4.78, 5) is 11.0. The van der Waals surface area contributed by atoms with E-state index in [0.29, 0.717) is 0 Å². The van der Waals surface area contributed by atoms with E-state index in [1.165, 1.54) is 7.11 Å². The van der Waals surface area contributed by atoms with E-state index < -0.39 is 0 Å². The van der Waals surface area contributed by atoms with Crippen LogP contribution in [0.5, 0.6) is 11.8 Å². The summed E-state index contributed by atoms with van der Waals surface area (Å²) < 4.78 is 10.5. The molecule has 0 atom stereocenters. The van der Waals surface area contributed by atoms with Gasteiger partial charge in [-0.3, -0.25) is 0 Å². The van der Waals surface area contributed by atoms with Crippen molar-refractivity contribution >= 4 is 5.82 Å². The zero-order chi connectivity index (χ0) is 14.4. The number of nitrogens with zero attached hydrogens (tertiary/aromatic N) is 4. The highest BCUT2D eigenvalue weighted by atomic mass is 16.5. The second kappa shape index (κ2) is 6.17. The molecule has 2 aromatic rings. The van der Waals surface area contributed by atoms with Gasteiger partial charge < -0.3 is 14.3 Å². The summed E-state index contributed by atoms with van der Waals surface area (Å²) in [5, 5.41) is 8.93. The Hall–Kier alpha value is -3.12. The smallest absolute Gasteiger partial charge is 0.373 e. The molecule has 0 aliphatic rings. The van der Waals surface area contributed by atoms with Crippen LogP contribution in [0.2, 0.25) is 0 Å². The lowest BCUT2D eigenvalue weighted by Crippen LogP contribution is -2.02. The van der Waals surface area contributed by atoms with Crippen LogP contribution in [0.3, 0.4) is 0 Å². The van der Waals surface area contributed by atoms with Gasteiger partial charge in [0.05, 0.1) is 7.11 Å². The molecule has 0 N–H and O–H groups in total. The maximum absolute atomic E-state index is 8.93. The zero-order valence-electron chi connectivity index (χ0n) is 10.7. The van der Waals surface area contributed by atoms with Gasteiger partial charge in [-0.05, 0) is 5.56 Å². The highest BCUT2D eigenvalue weighted by Crippen LogP contribution is 2.27. The van der Waals surface area contributed by atoms with Crippen LogP contribution >= 0.6 is 0 Å². The summed E-state index contributed by atoms with van der Waals surface area (Å²) in [5.41, 5.74) is 0.868. The molecule has 0 amide bonds. The van der Waals surface area contributed by atoms with E-state index in [-0.39, 0.29) is 29.9 Å². The fourth-order valence-electron chi connectivity index (χ4n) is 1.50. The van der Waals surface area contributed by atoms with Crippen molar-refractivity contribution in [1.82, 2.24) is 9.97 Å². The molecule has 1 heterocycles. The normalized spacial score (nSPS) is 9.35. The Balaban J connectivity index is 2.27. The Morgan fingerprint density at radius 2 is 2.00 bits per heavy atom. The third kappa shape index (κ3) is 2.82. The molecule has 0 unspecified atom stereocenters. The van der Waals surface area contributed by atoms with Gasteiger partial charge in [0.15, 0.2) is 5.69 Å². The lowest BCUT2D eigenvalue weighted by Gasteiger charge is -2.07. The average Bonchev–Trinajstić information content (AvgIpc) is 2.52. The first kappa shape index (κ1) is 13.3. The van der Waals surface area contributed by atoms with Crippen LogP contribution in [0.15, 0.2) is 30.3 Å². The van der Waals surface area contributed by atoms with Crippen molar-refractivity contribution in [2.24, 2.45) is 0 Å². The highest BCUT2D eigenvalue weighted by Gasteiger charge is 2.18. The fraction of sp³-hybridized carbons (Fsp3) is 0.143. The lowest BCUT2D eigenvalue weighted by atomic mass is 10.2. The van der Waals surface area contributed by atoms with Gasteiger partial charge >= 0.3 is 17.6 Å². The van der Waals surface area contributed by atoms with Gasteiger partial charge in [0.2, 0.25) is 0 Å². The second-order valence-electron chi connectivity index (χ2n) is 3.71. The van der Waals surface area contributed by atoms with Gasteiger partial charge in [0.1, 0.15) is 12.7 Å². The summed E-state index contributed by atoms with van der Waals surface area (Å²) in [6, 6.07) is 11.3. The molecule has 1 aromatic heterocycles. The van der Waals surface area contributed by atoms with Crippen LogP contribution in [-0.4, -0.2) is 17.1 Å². The van der Waals surface area contributed by atoms with E-state index in [0.717, 1.165) is 5.56 Å². The Labute approximate surface area is 116 Å². The number of hydrogen-bond donors (Lipinski definition) is 0.